The Morgan fingerprint density at radius 3 is 2.52 bits per heavy atom. The van der Waals surface area contributed by atoms with Crippen molar-refractivity contribution in [2.75, 3.05) is 24.7 Å². The predicted molar refractivity (Wildman–Crippen MR) is 84.0 cm³/mol. The highest BCUT2D eigenvalue weighted by Crippen LogP contribution is 2.33. The summed E-state index contributed by atoms with van der Waals surface area (Å²) in [6, 6.07) is 4.40. The molecule has 1 N–H and O–H groups in total. The van der Waals surface area contributed by atoms with Gasteiger partial charge in [-0.15, -0.1) is 0 Å². The van der Waals surface area contributed by atoms with Gasteiger partial charge in [0.25, 0.3) is 0 Å². The van der Waals surface area contributed by atoms with E-state index in [2.05, 4.69) is 4.72 Å². The van der Waals surface area contributed by atoms with Crippen LogP contribution in [0.3, 0.4) is 0 Å². The molecule has 2 heterocycles. The smallest absolute Gasteiger partial charge is 0.241 e. The first-order chi connectivity index (χ1) is 10.7. The second-order valence-corrected chi connectivity index (χ2v) is 10.0. The molecule has 0 saturated carbocycles. The lowest BCUT2D eigenvalue weighted by atomic mass is 10.0. The first kappa shape index (κ1) is 16.5. The van der Waals surface area contributed by atoms with Crippen molar-refractivity contribution in [2.45, 2.75) is 30.2 Å². The van der Waals surface area contributed by atoms with Crippen LogP contribution in [0.5, 0.6) is 11.5 Å². The number of hydrogen-bond donors (Lipinski definition) is 1. The van der Waals surface area contributed by atoms with Crippen LogP contribution in [0.15, 0.2) is 23.1 Å². The lowest BCUT2D eigenvalue weighted by Gasteiger charge is -2.23. The van der Waals surface area contributed by atoms with Crippen molar-refractivity contribution in [3.8, 4) is 11.5 Å². The van der Waals surface area contributed by atoms with Crippen molar-refractivity contribution in [1.29, 1.82) is 0 Å². The van der Waals surface area contributed by atoms with E-state index in [0.29, 0.717) is 24.7 Å². The minimum absolute atomic E-state index is 0.00679. The third-order valence-electron chi connectivity index (χ3n) is 3.91. The summed E-state index contributed by atoms with van der Waals surface area (Å²) in [4.78, 5) is 0.0345. The van der Waals surface area contributed by atoms with E-state index >= 15 is 0 Å². The topological polar surface area (TPSA) is 98.8 Å². The molecule has 2 aliphatic heterocycles. The van der Waals surface area contributed by atoms with E-state index in [-0.39, 0.29) is 22.8 Å². The van der Waals surface area contributed by atoms with E-state index in [1.165, 1.54) is 12.1 Å². The van der Waals surface area contributed by atoms with Crippen molar-refractivity contribution in [3.05, 3.63) is 18.2 Å². The standard InChI is InChI=1S/C14H19NO6S2/c1-14(5-8-22(16,17)10-14)15-23(18,19)11-3-4-12-13(9-11)21-7-2-6-20-12/h3-4,9,15H,2,5-8,10H2,1H3/t14-/m1/s1. The number of nitrogens with one attached hydrogen (secondary N) is 1. The van der Waals surface area contributed by atoms with Crippen molar-refractivity contribution in [3.63, 3.8) is 0 Å². The van der Waals surface area contributed by atoms with Crippen LogP contribution in [-0.2, 0) is 19.9 Å². The summed E-state index contributed by atoms with van der Waals surface area (Å²) in [5.74, 6) is 0.697. The Morgan fingerprint density at radius 1 is 1.17 bits per heavy atom. The van der Waals surface area contributed by atoms with Crippen LogP contribution in [0.1, 0.15) is 19.8 Å². The highest BCUT2D eigenvalue weighted by atomic mass is 32.2. The van der Waals surface area contributed by atoms with Gasteiger partial charge in [-0.05, 0) is 25.5 Å². The Kier molecular flexibility index (Phi) is 4.06. The molecule has 23 heavy (non-hydrogen) atoms. The molecule has 9 heteroatoms. The van der Waals surface area contributed by atoms with Crippen molar-refractivity contribution < 1.29 is 26.3 Å². The molecule has 0 unspecified atom stereocenters. The number of hydrogen-bond acceptors (Lipinski definition) is 6. The zero-order chi connectivity index (χ0) is 16.7. The highest BCUT2D eigenvalue weighted by molar-refractivity contribution is 7.92. The zero-order valence-electron chi connectivity index (χ0n) is 12.7. The summed E-state index contributed by atoms with van der Waals surface area (Å²) in [7, 11) is -7.05. The van der Waals surface area contributed by atoms with Gasteiger partial charge in [0, 0.05) is 18.0 Å². The largest absolute Gasteiger partial charge is 0.490 e. The van der Waals surface area contributed by atoms with Gasteiger partial charge in [0.15, 0.2) is 21.3 Å². The number of fused-ring (bicyclic) bond motifs is 1. The first-order valence-corrected chi connectivity index (χ1v) is 10.6. The Bertz CT molecular complexity index is 818. The molecule has 1 fully saturated rings. The fourth-order valence-electron chi connectivity index (χ4n) is 2.79. The van der Waals surface area contributed by atoms with Gasteiger partial charge >= 0.3 is 0 Å². The Balaban J connectivity index is 1.87. The monoisotopic (exact) mass is 361 g/mol. The van der Waals surface area contributed by atoms with Gasteiger partial charge < -0.3 is 9.47 Å². The van der Waals surface area contributed by atoms with Gasteiger partial charge in [-0.1, -0.05) is 0 Å². The molecule has 3 rings (SSSR count). The molecule has 1 atom stereocenters. The molecule has 0 bridgehead atoms. The van der Waals surface area contributed by atoms with E-state index in [4.69, 9.17) is 9.47 Å². The van der Waals surface area contributed by atoms with Crippen molar-refractivity contribution in [2.24, 2.45) is 0 Å². The van der Waals surface area contributed by atoms with E-state index in [0.717, 1.165) is 6.42 Å². The van der Waals surface area contributed by atoms with Gasteiger partial charge in [-0.25, -0.2) is 21.6 Å². The maximum Gasteiger partial charge on any atom is 0.241 e. The van der Waals surface area contributed by atoms with E-state index < -0.39 is 25.4 Å². The van der Waals surface area contributed by atoms with Crippen LogP contribution in [0.2, 0.25) is 0 Å². The van der Waals surface area contributed by atoms with Crippen LogP contribution in [-0.4, -0.2) is 47.1 Å². The second kappa shape index (κ2) is 5.64. The number of sulfone groups is 1. The molecule has 0 amide bonds. The summed E-state index contributed by atoms with van der Waals surface area (Å²) in [6.45, 7) is 2.59. The lowest BCUT2D eigenvalue weighted by molar-refractivity contribution is 0.297. The van der Waals surface area contributed by atoms with Crippen LogP contribution < -0.4 is 14.2 Å². The summed E-state index contributed by atoms with van der Waals surface area (Å²) in [5.41, 5.74) is -0.984. The molecular formula is C14H19NO6S2. The van der Waals surface area contributed by atoms with E-state index in [1.807, 2.05) is 0 Å². The molecular weight excluding hydrogens is 342 g/mol. The number of rotatable bonds is 3. The average molecular weight is 361 g/mol. The molecule has 0 spiro atoms. The normalized spacial score (nSPS) is 26.7. The van der Waals surface area contributed by atoms with Gasteiger partial charge in [0.2, 0.25) is 10.0 Å². The molecule has 0 radical (unpaired) electrons. The third-order valence-corrected chi connectivity index (χ3v) is 7.45. The Hall–Kier alpha value is -1.32. The average Bonchev–Trinajstić information content (AvgIpc) is 2.64. The maximum absolute atomic E-state index is 12.6. The molecule has 2 aliphatic rings. The number of ether oxygens (including phenoxy) is 2. The first-order valence-electron chi connectivity index (χ1n) is 7.33. The van der Waals surface area contributed by atoms with Gasteiger partial charge in [0.1, 0.15) is 0 Å². The number of sulfonamides is 1. The second-order valence-electron chi connectivity index (χ2n) is 6.17. The molecule has 0 aliphatic carbocycles. The van der Waals surface area contributed by atoms with Crippen molar-refractivity contribution >= 4 is 19.9 Å². The van der Waals surface area contributed by atoms with Gasteiger partial charge in [-0.3, -0.25) is 0 Å². The minimum atomic E-state index is -3.85. The fraction of sp³-hybridized carbons (Fsp3) is 0.571. The molecule has 1 aromatic rings. The van der Waals surface area contributed by atoms with E-state index in [9.17, 15) is 16.8 Å². The quantitative estimate of drug-likeness (QED) is 0.851. The Morgan fingerprint density at radius 2 is 1.87 bits per heavy atom. The summed E-state index contributed by atoms with van der Waals surface area (Å²) >= 11 is 0. The van der Waals surface area contributed by atoms with Crippen LogP contribution >= 0.6 is 0 Å². The lowest BCUT2D eigenvalue weighted by Crippen LogP contribution is -2.46. The maximum atomic E-state index is 12.6. The van der Waals surface area contributed by atoms with E-state index in [1.54, 1.807) is 13.0 Å². The summed E-state index contributed by atoms with van der Waals surface area (Å²) < 4.78 is 61.9. The van der Waals surface area contributed by atoms with Gasteiger partial charge in [-0.2, -0.15) is 0 Å². The molecule has 7 nitrogen and oxygen atoms in total. The number of benzene rings is 1. The summed E-state index contributed by atoms with van der Waals surface area (Å²) in [6.07, 6.45) is 0.990. The SMILES string of the molecule is C[C@@]1(NS(=O)(=O)c2ccc3c(c2)OCCCO3)CCS(=O)(=O)C1. The van der Waals surface area contributed by atoms with Gasteiger partial charge in [0.05, 0.1) is 29.6 Å². The van der Waals surface area contributed by atoms with Crippen LogP contribution in [0, 0.1) is 0 Å². The zero-order valence-corrected chi connectivity index (χ0v) is 14.4. The van der Waals surface area contributed by atoms with Crippen molar-refractivity contribution in [1.82, 2.24) is 4.72 Å². The molecule has 128 valence electrons. The molecule has 1 aromatic carbocycles. The predicted octanol–water partition coefficient (Wildman–Crippen LogP) is 0.703. The Labute approximate surface area is 136 Å². The third kappa shape index (κ3) is 3.61. The molecule has 0 aromatic heterocycles. The van der Waals surface area contributed by atoms with Crippen LogP contribution in [0.4, 0.5) is 0 Å². The van der Waals surface area contributed by atoms with Crippen LogP contribution in [0.25, 0.3) is 0 Å². The molecule has 1 saturated heterocycles. The summed E-state index contributed by atoms with van der Waals surface area (Å²) in [5, 5.41) is 0. The fourth-order valence-corrected chi connectivity index (χ4v) is 6.42. The minimum Gasteiger partial charge on any atom is -0.490 e. The highest BCUT2D eigenvalue weighted by Gasteiger charge is 2.41.